The lowest BCUT2D eigenvalue weighted by atomic mass is 9.96. The molecule has 1 aromatic heterocycles. The molecule has 4 aromatic rings. The molecule has 0 bridgehead atoms. The number of fused-ring (bicyclic) bond motifs is 1. The predicted molar refractivity (Wildman–Crippen MR) is 129 cm³/mol. The van der Waals surface area contributed by atoms with Gasteiger partial charge in [0.1, 0.15) is 18.2 Å². The lowest BCUT2D eigenvalue weighted by Crippen LogP contribution is -2.13. The molecule has 3 aromatic carbocycles. The van der Waals surface area contributed by atoms with Crippen molar-refractivity contribution >= 4 is 22.6 Å². The Hall–Kier alpha value is -2.78. The first-order valence-electron chi connectivity index (χ1n) is 10.9. The van der Waals surface area contributed by atoms with Crippen LogP contribution in [0, 0.1) is 5.92 Å². The van der Waals surface area contributed by atoms with E-state index in [9.17, 15) is 0 Å². The number of imidazole rings is 1. The molecule has 0 aliphatic rings. The number of benzene rings is 3. The molecule has 0 spiro atoms. The molecule has 0 N–H and O–H groups in total. The monoisotopic (exact) mass is 432 g/mol. The van der Waals surface area contributed by atoms with Crippen molar-refractivity contribution in [1.82, 2.24) is 9.55 Å². The van der Waals surface area contributed by atoms with Crippen LogP contribution in [0.15, 0.2) is 72.8 Å². The lowest BCUT2D eigenvalue weighted by Gasteiger charge is -2.16. The van der Waals surface area contributed by atoms with Crippen LogP contribution in [0.4, 0.5) is 0 Å². The van der Waals surface area contributed by atoms with Crippen molar-refractivity contribution in [3.63, 3.8) is 0 Å². The fourth-order valence-electron chi connectivity index (χ4n) is 4.01. The highest BCUT2D eigenvalue weighted by molar-refractivity contribution is 6.30. The first-order chi connectivity index (χ1) is 15.0. The van der Waals surface area contributed by atoms with E-state index >= 15 is 0 Å². The van der Waals surface area contributed by atoms with Gasteiger partial charge in [-0.15, -0.1) is 0 Å². The predicted octanol–water partition coefficient (Wildman–Crippen LogP) is 7.12. The van der Waals surface area contributed by atoms with Gasteiger partial charge in [0.25, 0.3) is 0 Å². The molecule has 0 saturated carbocycles. The summed E-state index contributed by atoms with van der Waals surface area (Å²) >= 11 is 5.97. The van der Waals surface area contributed by atoms with Crippen LogP contribution < -0.4 is 4.74 Å². The molecule has 0 aliphatic carbocycles. The zero-order valence-electron chi connectivity index (χ0n) is 18.4. The van der Waals surface area contributed by atoms with Gasteiger partial charge in [0.05, 0.1) is 17.6 Å². The third-order valence-corrected chi connectivity index (χ3v) is 5.84. The van der Waals surface area contributed by atoms with Gasteiger partial charge in [0, 0.05) is 10.9 Å². The summed E-state index contributed by atoms with van der Waals surface area (Å²) in [6.07, 6.45) is 1.11. The second-order valence-corrected chi connectivity index (χ2v) is 8.91. The molecule has 4 heteroatoms. The summed E-state index contributed by atoms with van der Waals surface area (Å²) in [6, 6.07) is 24.8. The molecule has 1 heterocycles. The Morgan fingerprint density at radius 3 is 2.32 bits per heavy atom. The second kappa shape index (κ2) is 9.57. The number of aromatic nitrogens is 2. The van der Waals surface area contributed by atoms with E-state index in [0.29, 0.717) is 17.5 Å². The Kier molecular flexibility index (Phi) is 6.62. The molecular formula is C27H29ClN2O. The topological polar surface area (TPSA) is 27.1 Å². The molecule has 0 aliphatic heterocycles. The van der Waals surface area contributed by atoms with Crippen molar-refractivity contribution in [2.45, 2.75) is 39.7 Å². The van der Waals surface area contributed by atoms with Gasteiger partial charge < -0.3 is 9.30 Å². The van der Waals surface area contributed by atoms with E-state index in [-0.39, 0.29) is 5.92 Å². The Morgan fingerprint density at radius 1 is 0.903 bits per heavy atom. The first-order valence-corrected chi connectivity index (χ1v) is 11.3. The standard InChI is InChI=1S/C27H29ClN2O/c1-19(2)18-21-8-10-22(11-9-21)20(3)27-29-25-6-4-5-7-26(25)30(27)16-17-31-24-14-12-23(28)13-15-24/h4-15,19-20H,16-18H2,1-3H3/t20-/m0/s1. The molecule has 4 rings (SSSR count). The largest absolute Gasteiger partial charge is 0.492 e. The van der Waals surface area contributed by atoms with E-state index in [1.54, 1.807) is 0 Å². The van der Waals surface area contributed by atoms with Gasteiger partial charge in [-0.25, -0.2) is 4.98 Å². The lowest BCUT2D eigenvalue weighted by molar-refractivity contribution is 0.298. The second-order valence-electron chi connectivity index (χ2n) is 8.47. The maximum atomic E-state index is 5.97. The number of halogens is 1. The van der Waals surface area contributed by atoms with Crippen LogP contribution in [-0.2, 0) is 13.0 Å². The summed E-state index contributed by atoms with van der Waals surface area (Å²) in [4.78, 5) is 4.99. The molecule has 0 amide bonds. The number of ether oxygens (including phenoxy) is 1. The highest BCUT2D eigenvalue weighted by Gasteiger charge is 2.18. The van der Waals surface area contributed by atoms with Crippen molar-refractivity contribution in [3.05, 3.63) is 94.8 Å². The summed E-state index contributed by atoms with van der Waals surface area (Å²) in [6.45, 7) is 8.04. The van der Waals surface area contributed by atoms with Gasteiger partial charge in [0.2, 0.25) is 0 Å². The SMILES string of the molecule is CC(C)Cc1ccc([C@H](C)c2nc3ccccc3n2CCOc2ccc(Cl)cc2)cc1. The van der Waals surface area contributed by atoms with E-state index in [1.807, 2.05) is 30.3 Å². The van der Waals surface area contributed by atoms with Crippen LogP contribution in [0.5, 0.6) is 5.75 Å². The van der Waals surface area contributed by atoms with Gasteiger partial charge in [-0.1, -0.05) is 68.8 Å². The molecule has 3 nitrogen and oxygen atoms in total. The zero-order valence-corrected chi connectivity index (χ0v) is 19.1. The van der Waals surface area contributed by atoms with Crippen molar-refractivity contribution < 1.29 is 4.74 Å². The van der Waals surface area contributed by atoms with Gasteiger partial charge in [0.15, 0.2) is 0 Å². The molecule has 160 valence electrons. The van der Waals surface area contributed by atoms with Crippen LogP contribution in [0.1, 0.15) is 43.6 Å². The summed E-state index contributed by atoms with van der Waals surface area (Å²) in [5, 5.41) is 0.712. The maximum Gasteiger partial charge on any atom is 0.119 e. The van der Waals surface area contributed by atoms with Crippen molar-refractivity contribution in [3.8, 4) is 5.75 Å². The molecule has 0 radical (unpaired) electrons. The van der Waals surface area contributed by atoms with E-state index in [1.165, 1.54) is 11.1 Å². The number of hydrogen-bond acceptors (Lipinski definition) is 2. The fourth-order valence-corrected chi connectivity index (χ4v) is 4.13. The number of nitrogens with zero attached hydrogens (tertiary/aromatic N) is 2. The van der Waals surface area contributed by atoms with E-state index in [4.69, 9.17) is 21.3 Å². The third-order valence-electron chi connectivity index (χ3n) is 5.59. The van der Waals surface area contributed by atoms with Crippen molar-refractivity contribution in [2.75, 3.05) is 6.61 Å². The van der Waals surface area contributed by atoms with Gasteiger partial charge in [-0.3, -0.25) is 0 Å². The van der Waals surface area contributed by atoms with Gasteiger partial charge in [-0.2, -0.15) is 0 Å². The minimum atomic E-state index is 0.191. The van der Waals surface area contributed by atoms with Crippen molar-refractivity contribution in [1.29, 1.82) is 0 Å². The van der Waals surface area contributed by atoms with Gasteiger partial charge >= 0.3 is 0 Å². The Bertz CT molecular complexity index is 1130. The average Bonchev–Trinajstić information content (AvgIpc) is 3.13. The number of para-hydroxylation sites is 2. The van der Waals surface area contributed by atoms with Gasteiger partial charge in [-0.05, 0) is 59.9 Å². The van der Waals surface area contributed by atoms with Crippen LogP contribution in [0.2, 0.25) is 5.02 Å². The Morgan fingerprint density at radius 2 is 1.61 bits per heavy atom. The molecular weight excluding hydrogens is 404 g/mol. The van der Waals surface area contributed by atoms with Crippen LogP contribution in [-0.4, -0.2) is 16.2 Å². The van der Waals surface area contributed by atoms with E-state index < -0.39 is 0 Å². The van der Waals surface area contributed by atoms with Crippen LogP contribution in [0.25, 0.3) is 11.0 Å². The minimum Gasteiger partial charge on any atom is -0.492 e. The van der Waals surface area contributed by atoms with Crippen LogP contribution in [0.3, 0.4) is 0 Å². The van der Waals surface area contributed by atoms with E-state index in [0.717, 1.165) is 35.6 Å². The highest BCUT2D eigenvalue weighted by Crippen LogP contribution is 2.28. The Balaban J connectivity index is 1.57. The third kappa shape index (κ3) is 5.11. The quantitative estimate of drug-likeness (QED) is 0.296. The molecule has 0 fully saturated rings. The molecule has 0 saturated heterocycles. The minimum absolute atomic E-state index is 0.191. The summed E-state index contributed by atoms with van der Waals surface area (Å²) in [5.41, 5.74) is 4.83. The fraction of sp³-hybridized carbons (Fsp3) is 0.296. The van der Waals surface area contributed by atoms with Crippen LogP contribution >= 0.6 is 11.6 Å². The smallest absolute Gasteiger partial charge is 0.119 e. The normalized spacial score (nSPS) is 12.4. The summed E-state index contributed by atoms with van der Waals surface area (Å²) in [7, 11) is 0. The maximum absolute atomic E-state index is 5.97. The number of rotatable bonds is 8. The zero-order chi connectivity index (χ0) is 21.8. The first kappa shape index (κ1) is 21.5. The molecule has 31 heavy (non-hydrogen) atoms. The number of hydrogen-bond donors (Lipinski definition) is 0. The Labute approximate surface area is 189 Å². The highest BCUT2D eigenvalue weighted by atomic mass is 35.5. The summed E-state index contributed by atoms with van der Waals surface area (Å²) in [5.74, 6) is 2.74. The molecule has 1 atom stereocenters. The average molecular weight is 433 g/mol. The summed E-state index contributed by atoms with van der Waals surface area (Å²) < 4.78 is 8.26. The van der Waals surface area contributed by atoms with E-state index in [2.05, 4.69) is 67.8 Å². The molecule has 0 unspecified atom stereocenters. The van der Waals surface area contributed by atoms with Crippen molar-refractivity contribution in [2.24, 2.45) is 5.92 Å².